The Kier molecular flexibility index (Phi) is 4.31. The zero-order valence-electron chi connectivity index (χ0n) is 12.2. The monoisotopic (exact) mass is 252 g/mol. The van der Waals surface area contributed by atoms with Crippen molar-refractivity contribution in [3.8, 4) is 0 Å². The Morgan fingerprint density at radius 1 is 1.33 bits per heavy atom. The molecule has 1 aliphatic carbocycles. The van der Waals surface area contributed by atoms with E-state index in [2.05, 4.69) is 31.0 Å². The van der Waals surface area contributed by atoms with Crippen molar-refractivity contribution < 1.29 is 4.79 Å². The first-order valence-electron chi connectivity index (χ1n) is 7.75. The van der Waals surface area contributed by atoms with Gasteiger partial charge in [-0.3, -0.25) is 10.1 Å². The Labute approximate surface area is 111 Å². The fourth-order valence-electron chi connectivity index (χ4n) is 3.14. The first-order valence-corrected chi connectivity index (χ1v) is 7.75. The van der Waals surface area contributed by atoms with E-state index in [1.807, 2.05) is 0 Å². The highest BCUT2D eigenvalue weighted by molar-refractivity contribution is 5.92. The minimum atomic E-state index is -0.140. The summed E-state index contributed by atoms with van der Waals surface area (Å²) in [4.78, 5) is 14.7. The molecule has 2 unspecified atom stereocenters. The molecule has 3 nitrogen and oxygen atoms in total. The molecule has 0 bridgehead atoms. The molecule has 3 heteroatoms. The third kappa shape index (κ3) is 2.56. The van der Waals surface area contributed by atoms with Crippen molar-refractivity contribution in [1.29, 1.82) is 0 Å². The van der Waals surface area contributed by atoms with Crippen LogP contribution in [0.4, 0.5) is 0 Å². The summed E-state index contributed by atoms with van der Waals surface area (Å²) in [5.74, 6) is 0.380. The molecule has 1 spiro atoms. The molecule has 0 radical (unpaired) electrons. The maximum Gasteiger partial charge on any atom is 0.244 e. The van der Waals surface area contributed by atoms with Crippen LogP contribution >= 0.6 is 0 Å². The Bertz CT molecular complexity index is 299. The van der Waals surface area contributed by atoms with Gasteiger partial charge in [0.1, 0.15) is 0 Å². The minimum absolute atomic E-state index is 0.140. The Morgan fingerprint density at radius 2 is 2.06 bits per heavy atom. The van der Waals surface area contributed by atoms with Crippen LogP contribution in [0.3, 0.4) is 0 Å². The van der Waals surface area contributed by atoms with Gasteiger partial charge >= 0.3 is 0 Å². The van der Waals surface area contributed by atoms with E-state index in [0.717, 1.165) is 32.1 Å². The summed E-state index contributed by atoms with van der Waals surface area (Å²) in [5, 5.41) is 3.59. The lowest BCUT2D eigenvalue weighted by Gasteiger charge is -2.30. The number of carbonyl (C=O) groups is 1. The lowest BCUT2D eigenvalue weighted by Crippen LogP contribution is -2.43. The lowest BCUT2D eigenvalue weighted by molar-refractivity contribution is -0.132. The van der Waals surface area contributed by atoms with Gasteiger partial charge in [-0.1, -0.05) is 39.5 Å². The summed E-state index contributed by atoms with van der Waals surface area (Å²) < 4.78 is 0. The van der Waals surface area contributed by atoms with Crippen LogP contribution in [0, 0.1) is 0 Å². The van der Waals surface area contributed by atoms with Gasteiger partial charge < -0.3 is 4.90 Å². The van der Waals surface area contributed by atoms with Crippen molar-refractivity contribution in [1.82, 2.24) is 10.2 Å². The largest absolute Gasteiger partial charge is 0.323 e. The maximum absolute atomic E-state index is 12.5. The van der Waals surface area contributed by atoms with Crippen molar-refractivity contribution in [2.45, 2.75) is 89.9 Å². The topological polar surface area (TPSA) is 32.3 Å². The molecule has 2 fully saturated rings. The smallest absolute Gasteiger partial charge is 0.244 e. The van der Waals surface area contributed by atoms with E-state index in [9.17, 15) is 4.79 Å². The average Bonchev–Trinajstić information content (AvgIpc) is 3.05. The van der Waals surface area contributed by atoms with Gasteiger partial charge in [0.2, 0.25) is 5.91 Å². The van der Waals surface area contributed by atoms with Gasteiger partial charge in [0.25, 0.3) is 0 Å². The first-order chi connectivity index (χ1) is 8.64. The molecule has 104 valence electrons. The predicted molar refractivity (Wildman–Crippen MR) is 74.2 cm³/mol. The lowest BCUT2D eigenvalue weighted by atomic mass is 10.1. The maximum atomic E-state index is 12.5. The second-order valence-corrected chi connectivity index (χ2v) is 6.09. The second-order valence-electron chi connectivity index (χ2n) is 6.09. The summed E-state index contributed by atoms with van der Waals surface area (Å²) in [6.07, 6.45) is 9.54. The fraction of sp³-hybridized carbons (Fsp3) is 0.933. The number of hydrogen-bond acceptors (Lipinski definition) is 2. The zero-order valence-corrected chi connectivity index (χ0v) is 12.2. The minimum Gasteiger partial charge on any atom is -0.323 e. The molecule has 0 aromatic rings. The molecular weight excluding hydrogens is 224 g/mol. The molecule has 2 rings (SSSR count). The third-order valence-electron chi connectivity index (χ3n) is 4.44. The van der Waals surface area contributed by atoms with Gasteiger partial charge in [0, 0.05) is 6.04 Å². The van der Waals surface area contributed by atoms with Crippen molar-refractivity contribution in [3.05, 3.63) is 0 Å². The van der Waals surface area contributed by atoms with Crippen LogP contribution in [0.25, 0.3) is 0 Å². The van der Waals surface area contributed by atoms with Gasteiger partial charge in [-0.05, 0) is 32.6 Å². The molecule has 2 atom stereocenters. The molecule has 1 saturated heterocycles. The van der Waals surface area contributed by atoms with E-state index in [-0.39, 0.29) is 5.54 Å². The van der Waals surface area contributed by atoms with Gasteiger partial charge in [-0.25, -0.2) is 0 Å². The molecule has 0 aromatic heterocycles. The molecule has 1 N–H and O–H groups in total. The van der Waals surface area contributed by atoms with Gasteiger partial charge in [0.15, 0.2) is 0 Å². The summed E-state index contributed by atoms with van der Waals surface area (Å²) >= 11 is 0. The molecular formula is C15H28N2O. The molecule has 1 amide bonds. The van der Waals surface area contributed by atoms with E-state index in [1.165, 1.54) is 19.3 Å². The van der Waals surface area contributed by atoms with Gasteiger partial charge in [-0.15, -0.1) is 0 Å². The number of amides is 1. The van der Waals surface area contributed by atoms with Crippen LogP contribution in [-0.2, 0) is 4.79 Å². The van der Waals surface area contributed by atoms with Crippen LogP contribution in [0.1, 0.15) is 72.1 Å². The van der Waals surface area contributed by atoms with Crippen LogP contribution in [0.5, 0.6) is 0 Å². The number of nitrogens with one attached hydrogen (secondary N) is 1. The molecule has 0 aromatic carbocycles. The van der Waals surface area contributed by atoms with Crippen molar-refractivity contribution in [3.63, 3.8) is 0 Å². The van der Waals surface area contributed by atoms with Gasteiger partial charge in [-0.2, -0.15) is 0 Å². The number of rotatable bonds is 7. The van der Waals surface area contributed by atoms with Crippen molar-refractivity contribution in [2.24, 2.45) is 0 Å². The summed E-state index contributed by atoms with van der Waals surface area (Å²) in [6, 6.07) is 0.396. The number of unbranched alkanes of at least 4 members (excludes halogenated alkanes) is 2. The molecule has 2 aliphatic rings. The highest BCUT2D eigenvalue weighted by atomic mass is 16.2. The summed E-state index contributed by atoms with van der Waals surface area (Å²) in [6.45, 7) is 6.65. The number of hydrogen-bond donors (Lipinski definition) is 1. The first kappa shape index (κ1) is 13.9. The quantitative estimate of drug-likeness (QED) is 0.706. The van der Waals surface area contributed by atoms with Crippen molar-refractivity contribution in [2.75, 3.05) is 0 Å². The van der Waals surface area contributed by atoms with Crippen LogP contribution in [-0.4, -0.2) is 28.6 Å². The Balaban J connectivity index is 1.96. The molecule has 1 heterocycles. The van der Waals surface area contributed by atoms with Crippen LogP contribution < -0.4 is 5.32 Å². The third-order valence-corrected chi connectivity index (χ3v) is 4.44. The van der Waals surface area contributed by atoms with E-state index < -0.39 is 0 Å². The Morgan fingerprint density at radius 3 is 2.61 bits per heavy atom. The van der Waals surface area contributed by atoms with Crippen molar-refractivity contribution >= 4 is 5.91 Å². The number of nitrogens with zero attached hydrogens (tertiary/aromatic N) is 1. The molecule has 1 saturated carbocycles. The standard InChI is InChI=1S/C15H28N2O/c1-4-6-7-9-12(3)17-13(8-5-2)16-15(10-11-15)14(17)18/h12-13,16H,4-11H2,1-3H3. The highest BCUT2D eigenvalue weighted by Gasteiger charge is 2.59. The van der Waals surface area contributed by atoms with E-state index >= 15 is 0 Å². The SMILES string of the molecule is CCCCCC(C)N1C(=O)C2(CC2)NC1CCC. The highest BCUT2D eigenvalue weighted by Crippen LogP contribution is 2.43. The normalized spacial score (nSPS) is 26.9. The second kappa shape index (κ2) is 5.60. The fourth-order valence-corrected chi connectivity index (χ4v) is 3.14. The summed E-state index contributed by atoms with van der Waals surface area (Å²) in [5.41, 5.74) is -0.140. The molecule has 18 heavy (non-hydrogen) atoms. The van der Waals surface area contributed by atoms with E-state index in [4.69, 9.17) is 0 Å². The van der Waals surface area contributed by atoms with Crippen LogP contribution in [0.2, 0.25) is 0 Å². The van der Waals surface area contributed by atoms with Crippen LogP contribution in [0.15, 0.2) is 0 Å². The zero-order chi connectivity index (χ0) is 13.2. The van der Waals surface area contributed by atoms with E-state index in [0.29, 0.717) is 18.1 Å². The molecule has 1 aliphatic heterocycles. The van der Waals surface area contributed by atoms with E-state index in [1.54, 1.807) is 0 Å². The number of carbonyl (C=O) groups excluding carboxylic acids is 1. The summed E-state index contributed by atoms with van der Waals surface area (Å²) in [7, 11) is 0. The van der Waals surface area contributed by atoms with Gasteiger partial charge in [0.05, 0.1) is 11.7 Å². The Hall–Kier alpha value is -0.570. The predicted octanol–water partition coefficient (Wildman–Crippen LogP) is 3.05. The average molecular weight is 252 g/mol.